The van der Waals surface area contributed by atoms with Crippen molar-refractivity contribution in [3.05, 3.63) is 53.6 Å². The number of rotatable bonds is 8. The van der Waals surface area contributed by atoms with E-state index in [1.165, 1.54) is 37.4 Å². The number of nitrogens with one attached hydrogen (secondary N) is 3. The molecule has 0 atom stereocenters. The average molecular weight is 420 g/mol. The van der Waals surface area contributed by atoms with Gasteiger partial charge in [0, 0.05) is 12.6 Å². The Hall–Kier alpha value is -3.07. The molecule has 2 aromatic carbocycles. The lowest BCUT2D eigenvalue weighted by Gasteiger charge is -2.15. The van der Waals surface area contributed by atoms with Gasteiger partial charge in [0.1, 0.15) is 5.75 Å². The molecule has 0 saturated heterocycles. The zero-order valence-electron chi connectivity index (χ0n) is 16.8. The summed E-state index contributed by atoms with van der Waals surface area (Å²) in [5, 5.41) is 5.35. The number of ether oxygens (including phenoxy) is 1. The van der Waals surface area contributed by atoms with Crippen molar-refractivity contribution in [2.24, 2.45) is 0 Å². The molecule has 0 saturated carbocycles. The van der Waals surface area contributed by atoms with E-state index in [-0.39, 0.29) is 33.5 Å². The van der Waals surface area contributed by atoms with Crippen LogP contribution in [0.3, 0.4) is 0 Å². The first kappa shape index (κ1) is 22.2. The van der Waals surface area contributed by atoms with Gasteiger partial charge in [-0.3, -0.25) is 14.3 Å². The van der Waals surface area contributed by atoms with Gasteiger partial charge in [0.25, 0.3) is 21.8 Å². The summed E-state index contributed by atoms with van der Waals surface area (Å²) < 4.78 is 33.4. The van der Waals surface area contributed by atoms with Crippen molar-refractivity contribution >= 4 is 27.5 Å². The van der Waals surface area contributed by atoms with Crippen LogP contribution in [-0.4, -0.2) is 39.9 Å². The summed E-state index contributed by atoms with van der Waals surface area (Å²) in [5.74, 6) is -0.583. The van der Waals surface area contributed by atoms with Crippen LogP contribution in [-0.2, 0) is 10.0 Å². The molecular formula is C20H25N3O5S. The highest BCUT2D eigenvalue weighted by atomic mass is 32.2. The van der Waals surface area contributed by atoms with Crippen molar-refractivity contribution in [3.8, 4) is 5.75 Å². The predicted molar refractivity (Wildman–Crippen MR) is 111 cm³/mol. The highest BCUT2D eigenvalue weighted by Gasteiger charge is 2.22. The van der Waals surface area contributed by atoms with Gasteiger partial charge in [0.2, 0.25) is 0 Å². The monoisotopic (exact) mass is 419 g/mol. The Bertz CT molecular complexity index is 1000. The number of methoxy groups -OCH3 is 1. The minimum Gasteiger partial charge on any atom is -0.496 e. The zero-order valence-corrected chi connectivity index (χ0v) is 17.6. The molecular weight excluding hydrogens is 394 g/mol. The predicted octanol–water partition coefficient (Wildman–Crippen LogP) is 2.38. The molecule has 0 heterocycles. The molecule has 2 rings (SSSR count). The Labute approximate surface area is 170 Å². The summed E-state index contributed by atoms with van der Waals surface area (Å²) in [6, 6.07) is 10.2. The summed E-state index contributed by atoms with van der Waals surface area (Å²) in [7, 11) is -2.66. The van der Waals surface area contributed by atoms with E-state index in [4.69, 9.17) is 4.74 Å². The minimum atomic E-state index is -4.06. The summed E-state index contributed by atoms with van der Waals surface area (Å²) in [5.41, 5.74) is 0.436. The molecule has 0 fully saturated rings. The number of sulfonamides is 1. The van der Waals surface area contributed by atoms with E-state index < -0.39 is 21.8 Å². The largest absolute Gasteiger partial charge is 0.496 e. The third-order valence-corrected chi connectivity index (χ3v) is 5.26. The molecule has 0 aromatic heterocycles. The van der Waals surface area contributed by atoms with Gasteiger partial charge in [-0.05, 0) is 51.1 Å². The number of hydrogen-bond acceptors (Lipinski definition) is 5. The minimum absolute atomic E-state index is 0.100. The van der Waals surface area contributed by atoms with Crippen molar-refractivity contribution in [1.29, 1.82) is 0 Å². The molecule has 0 spiro atoms. The standard InChI is InChI=1S/C20H25N3O5S/c1-5-21-19(24)16-12-14(10-11-18(16)28-4)29(26,27)23-17-9-7-6-8-15(17)20(25)22-13(2)3/h6-13,23H,5H2,1-4H3,(H,21,24)(H,22,25). The van der Waals surface area contributed by atoms with Gasteiger partial charge in [-0.25, -0.2) is 8.42 Å². The molecule has 0 bridgehead atoms. The second kappa shape index (κ2) is 9.42. The number of amides is 2. The zero-order chi connectivity index (χ0) is 21.6. The molecule has 8 nitrogen and oxygen atoms in total. The summed E-state index contributed by atoms with van der Waals surface area (Å²) in [6.45, 7) is 5.76. The summed E-state index contributed by atoms with van der Waals surface area (Å²) in [6.07, 6.45) is 0. The van der Waals surface area contributed by atoms with Crippen LogP contribution in [0.2, 0.25) is 0 Å². The van der Waals surface area contributed by atoms with E-state index in [2.05, 4.69) is 15.4 Å². The van der Waals surface area contributed by atoms with Crippen LogP contribution in [0, 0.1) is 0 Å². The number of hydrogen-bond donors (Lipinski definition) is 3. The normalized spacial score (nSPS) is 11.1. The van der Waals surface area contributed by atoms with Gasteiger partial charge in [-0.1, -0.05) is 12.1 Å². The lowest BCUT2D eigenvalue weighted by Crippen LogP contribution is -2.31. The topological polar surface area (TPSA) is 114 Å². The van der Waals surface area contributed by atoms with Crippen LogP contribution in [0.15, 0.2) is 47.4 Å². The number of carbonyl (C=O) groups is 2. The molecule has 3 N–H and O–H groups in total. The highest BCUT2D eigenvalue weighted by molar-refractivity contribution is 7.92. The van der Waals surface area contributed by atoms with Crippen LogP contribution >= 0.6 is 0 Å². The molecule has 29 heavy (non-hydrogen) atoms. The van der Waals surface area contributed by atoms with Crippen molar-refractivity contribution in [1.82, 2.24) is 10.6 Å². The van der Waals surface area contributed by atoms with E-state index in [0.29, 0.717) is 6.54 Å². The second-order valence-electron chi connectivity index (χ2n) is 6.50. The van der Waals surface area contributed by atoms with Crippen LogP contribution in [0.5, 0.6) is 5.75 Å². The van der Waals surface area contributed by atoms with Crippen molar-refractivity contribution in [3.63, 3.8) is 0 Å². The molecule has 9 heteroatoms. The fourth-order valence-corrected chi connectivity index (χ4v) is 3.71. The molecule has 2 amide bonds. The van der Waals surface area contributed by atoms with Gasteiger partial charge in [-0.2, -0.15) is 0 Å². The molecule has 0 aliphatic heterocycles. The Morgan fingerprint density at radius 3 is 2.34 bits per heavy atom. The second-order valence-corrected chi connectivity index (χ2v) is 8.18. The van der Waals surface area contributed by atoms with E-state index in [1.54, 1.807) is 19.1 Å². The Morgan fingerprint density at radius 2 is 1.72 bits per heavy atom. The lowest BCUT2D eigenvalue weighted by molar-refractivity contribution is 0.0938. The third kappa shape index (κ3) is 5.47. The number of benzene rings is 2. The van der Waals surface area contributed by atoms with Crippen LogP contribution in [0.1, 0.15) is 41.5 Å². The first-order valence-corrected chi connectivity index (χ1v) is 10.6. The Balaban J connectivity index is 2.42. The summed E-state index contributed by atoms with van der Waals surface area (Å²) in [4.78, 5) is 24.5. The van der Waals surface area contributed by atoms with Gasteiger partial charge < -0.3 is 15.4 Å². The fraction of sp³-hybridized carbons (Fsp3) is 0.300. The third-order valence-electron chi connectivity index (χ3n) is 3.90. The Morgan fingerprint density at radius 1 is 1.03 bits per heavy atom. The van der Waals surface area contributed by atoms with Crippen LogP contribution in [0.25, 0.3) is 0 Å². The van der Waals surface area contributed by atoms with E-state index in [0.717, 1.165) is 0 Å². The molecule has 156 valence electrons. The van der Waals surface area contributed by atoms with E-state index >= 15 is 0 Å². The average Bonchev–Trinajstić information content (AvgIpc) is 2.67. The highest BCUT2D eigenvalue weighted by Crippen LogP contribution is 2.25. The molecule has 2 aromatic rings. The lowest BCUT2D eigenvalue weighted by atomic mass is 10.1. The maximum atomic E-state index is 12.9. The van der Waals surface area contributed by atoms with Gasteiger partial charge in [0.05, 0.1) is 28.8 Å². The van der Waals surface area contributed by atoms with Crippen molar-refractivity contribution < 1.29 is 22.7 Å². The van der Waals surface area contributed by atoms with Gasteiger partial charge >= 0.3 is 0 Å². The smallest absolute Gasteiger partial charge is 0.261 e. The maximum Gasteiger partial charge on any atom is 0.261 e. The van der Waals surface area contributed by atoms with Crippen LogP contribution < -0.4 is 20.1 Å². The number of carbonyl (C=O) groups excluding carboxylic acids is 2. The van der Waals surface area contributed by atoms with Gasteiger partial charge in [0.15, 0.2) is 0 Å². The Kier molecular flexibility index (Phi) is 7.22. The number of anilines is 1. The molecule has 0 unspecified atom stereocenters. The van der Waals surface area contributed by atoms with E-state index in [9.17, 15) is 18.0 Å². The number of para-hydroxylation sites is 1. The maximum absolute atomic E-state index is 12.9. The van der Waals surface area contributed by atoms with Gasteiger partial charge in [-0.15, -0.1) is 0 Å². The molecule has 0 radical (unpaired) electrons. The van der Waals surface area contributed by atoms with Crippen molar-refractivity contribution in [2.75, 3.05) is 18.4 Å². The molecule has 0 aliphatic carbocycles. The summed E-state index contributed by atoms with van der Waals surface area (Å²) >= 11 is 0. The SMILES string of the molecule is CCNC(=O)c1cc(S(=O)(=O)Nc2ccccc2C(=O)NC(C)C)ccc1OC. The quantitative estimate of drug-likeness (QED) is 0.608. The van der Waals surface area contributed by atoms with Crippen molar-refractivity contribution in [2.45, 2.75) is 31.7 Å². The van der Waals surface area contributed by atoms with Crippen LogP contribution in [0.4, 0.5) is 5.69 Å². The fourth-order valence-electron chi connectivity index (χ4n) is 2.60. The van der Waals surface area contributed by atoms with E-state index in [1.807, 2.05) is 13.8 Å². The molecule has 0 aliphatic rings. The first-order chi connectivity index (χ1) is 13.7. The first-order valence-electron chi connectivity index (χ1n) is 9.08.